The Morgan fingerprint density at radius 2 is 2.00 bits per heavy atom. The zero-order valence-electron chi connectivity index (χ0n) is 14.1. The molecule has 4 nitrogen and oxygen atoms in total. The second kappa shape index (κ2) is 8.87. The summed E-state index contributed by atoms with van der Waals surface area (Å²) < 4.78 is 39.2. The quantitative estimate of drug-likeness (QED) is 0.795. The highest BCUT2D eigenvalue weighted by molar-refractivity contribution is 6.34. The van der Waals surface area contributed by atoms with Gasteiger partial charge in [0.15, 0.2) is 0 Å². The molecule has 25 heavy (non-hydrogen) atoms. The molecule has 1 fully saturated rings. The van der Waals surface area contributed by atoms with Crippen molar-refractivity contribution in [2.24, 2.45) is 5.92 Å². The van der Waals surface area contributed by atoms with Crippen molar-refractivity contribution in [2.45, 2.75) is 25.4 Å². The predicted octanol–water partition coefficient (Wildman–Crippen LogP) is 3.62. The maximum absolute atomic E-state index is 13.1. The van der Waals surface area contributed by atoms with Crippen molar-refractivity contribution >= 4 is 23.2 Å². The van der Waals surface area contributed by atoms with Gasteiger partial charge in [-0.15, -0.1) is 0 Å². The second-order valence-electron chi connectivity index (χ2n) is 6.32. The van der Waals surface area contributed by atoms with E-state index in [1.807, 2.05) is 11.9 Å². The van der Waals surface area contributed by atoms with Gasteiger partial charge in [-0.3, -0.25) is 9.69 Å². The van der Waals surface area contributed by atoms with Crippen LogP contribution in [0.25, 0.3) is 0 Å². The van der Waals surface area contributed by atoms with Crippen LogP contribution in [0.15, 0.2) is 18.2 Å². The van der Waals surface area contributed by atoms with Crippen molar-refractivity contribution in [3.8, 4) is 0 Å². The fourth-order valence-electron chi connectivity index (χ4n) is 3.05. The minimum Gasteiger partial charge on any atom is -0.323 e. The lowest BCUT2D eigenvalue weighted by atomic mass is 9.93. The number of carbonyl (C=O) groups is 1. The number of halogens is 4. The highest BCUT2D eigenvalue weighted by Crippen LogP contribution is 2.38. The Balaban J connectivity index is 1.92. The summed E-state index contributed by atoms with van der Waals surface area (Å²) in [5.74, 6) is 0.152. The predicted molar refractivity (Wildman–Crippen MR) is 92.8 cm³/mol. The minimum atomic E-state index is -4.57. The molecule has 1 saturated heterocycles. The normalized spacial score (nSPS) is 16.8. The first-order valence-corrected chi connectivity index (χ1v) is 8.71. The Bertz CT molecular complexity index is 587. The van der Waals surface area contributed by atoms with Crippen molar-refractivity contribution in [3.63, 3.8) is 0 Å². The molecule has 1 aromatic rings. The van der Waals surface area contributed by atoms with E-state index in [0.29, 0.717) is 5.92 Å². The second-order valence-corrected chi connectivity index (χ2v) is 6.73. The number of likely N-dealkylation sites (tertiary alicyclic amines) is 1. The van der Waals surface area contributed by atoms with Gasteiger partial charge in [-0.1, -0.05) is 17.7 Å². The van der Waals surface area contributed by atoms with E-state index in [2.05, 4.69) is 10.6 Å². The lowest BCUT2D eigenvalue weighted by Gasteiger charge is -2.31. The summed E-state index contributed by atoms with van der Waals surface area (Å²) in [6.07, 6.45) is -1.48. The van der Waals surface area contributed by atoms with Crippen LogP contribution in [0.4, 0.5) is 18.9 Å². The molecule has 140 valence electrons. The van der Waals surface area contributed by atoms with Gasteiger partial charge in [-0.25, -0.2) is 0 Å². The lowest BCUT2D eigenvalue weighted by molar-refractivity contribution is -0.137. The molecule has 1 aromatic carbocycles. The topological polar surface area (TPSA) is 44.4 Å². The van der Waals surface area contributed by atoms with E-state index in [1.54, 1.807) is 0 Å². The van der Waals surface area contributed by atoms with Crippen LogP contribution in [-0.4, -0.2) is 44.0 Å². The van der Waals surface area contributed by atoms with Crippen LogP contribution in [0, 0.1) is 5.92 Å². The number of carbonyl (C=O) groups excluding carboxylic acids is 1. The van der Waals surface area contributed by atoms with Crippen molar-refractivity contribution < 1.29 is 18.0 Å². The third-order valence-electron chi connectivity index (χ3n) is 4.46. The molecule has 0 aromatic heterocycles. The molecule has 2 N–H and O–H groups in total. The third kappa shape index (κ3) is 5.87. The summed E-state index contributed by atoms with van der Waals surface area (Å²) in [6, 6.07) is 3.46. The Kier molecular flexibility index (Phi) is 7.10. The van der Waals surface area contributed by atoms with E-state index in [-0.39, 0.29) is 17.3 Å². The van der Waals surface area contributed by atoms with E-state index in [4.69, 9.17) is 11.6 Å². The number of anilines is 1. The third-order valence-corrected chi connectivity index (χ3v) is 4.78. The SMILES string of the molecule is CNCCC1CCN(CC(=O)Nc2c(Cl)cccc2C(F)(F)F)CC1. The molecule has 0 bridgehead atoms. The minimum absolute atomic E-state index is 0.0707. The van der Waals surface area contributed by atoms with Gasteiger partial charge in [-0.2, -0.15) is 13.2 Å². The van der Waals surface area contributed by atoms with Crippen molar-refractivity contribution in [3.05, 3.63) is 28.8 Å². The highest BCUT2D eigenvalue weighted by Gasteiger charge is 2.35. The van der Waals surface area contributed by atoms with Crippen molar-refractivity contribution in [1.29, 1.82) is 0 Å². The molecule has 0 unspecified atom stereocenters. The standard InChI is InChI=1S/C17H23ClF3N3O/c1-22-8-5-12-6-9-24(10-7-12)11-15(25)23-16-13(17(19,20)21)3-2-4-14(16)18/h2-4,12,22H,5-11H2,1H3,(H,23,25). The number of benzene rings is 1. The molecule has 1 aliphatic rings. The van der Waals surface area contributed by atoms with Gasteiger partial charge in [0, 0.05) is 0 Å². The summed E-state index contributed by atoms with van der Waals surface area (Å²) in [5, 5.41) is 5.35. The van der Waals surface area contributed by atoms with Gasteiger partial charge in [0.1, 0.15) is 0 Å². The summed E-state index contributed by atoms with van der Waals surface area (Å²) in [4.78, 5) is 14.1. The number of amides is 1. The number of para-hydroxylation sites is 1. The number of rotatable bonds is 6. The number of hydrogen-bond donors (Lipinski definition) is 2. The summed E-state index contributed by atoms with van der Waals surface area (Å²) in [7, 11) is 1.92. The summed E-state index contributed by atoms with van der Waals surface area (Å²) >= 11 is 5.86. The molecule has 0 atom stereocenters. The first-order valence-electron chi connectivity index (χ1n) is 8.33. The molecule has 1 aliphatic heterocycles. The van der Waals surface area contributed by atoms with Crippen molar-refractivity contribution in [2.75, 3.05) is 38.5 Å². The van der Waals surface area contributed by atoms with Gasteiger partial charge in [0.2, 0.25) is 5.91 Å². The fraction of sp³-hybridized carbons (Fsp3) is 0.588. The number of alkyl halides is 3. The molecule has 0 saturated carbocycles. The first-order chi connectivity index (χ1) is 11.8. The average Bonchev–Trinajstić information content (AvgIpc) is 2.55. The number of nitrogens with zero attached hydrogens (tertiary/aromatic N) is 1. The number of nitrogens with one attached hydrogen (secondary N) is 2. The van der Waals surface area contributed by atoms with Crippen molar-refractivity contribution in [1.82, 2.24) is 10.2 Å². The van der Waals surface area contributed by atoms with Crippen LogP contribution in [0.2, 0.25) is 5.02 Å². The molecule has 2 rings (SSSR count). The summed E-state index contributed by atoms with van der Waals surface area (Å²) in [6.45, 7) is 2.59. The zero-order valence-corrected chi connectivity index (χ0v) is 14.9. The van der Waals surface area contributed by atoms with Crippen LogP contribution in [-0.2, 0) is 11.0 Å². The van der Waals surface area contributed by atoms with Crippen LogP contribution < -0.4 is 10.6 Å². The number of hydrogen-bond acceptors (Lipinski definition) is 3. The Labute approximate surface area is 150 Å². The average molecular weight is 378 g/mol. The van der Waals surface area contributed by atoms with E-state index in [0.717, 1.165) is 45.0 Å². The van der Waals surface area contributed by atoms with E-state index in [9.17, 15) is 18.0 Å². The van der Waals surface area contributed by atoms with Crippen LogP contribution in [0.5, 0.6) is 0 Å². The zero-order chi connectivity index (χ0) is 18.4. The maximum atomic E-state index is 13.1. The molecule has 0 spiro atoms. The van der Waals surface area contributed by atoms with Crippen LogP contribution in [0.3, 0.4) is 0 Å². The maximum Gasteiger partial charge on any atom is 0.418 e. The molecule has 8 heteroatoms. The Hall–Kier alpha value is -1.31. The first kappa shape index (κ1) is 20.0. The lowest BCUT2D eigenvalue weighted by Crippen LogP contribution is -2.39. The van der Waals surface area contributed by atoms with E-state index in [1.165, 1.54) is 12.1 Å². The molecule has 1 amide bonds. The number of piperidine rings is 1. The van der Waals surface area contributed by atoms with Gasteiger partial charge >= 0.3 is 6.18 Å². The fourth-order valence-corrected chi connectivity index (χ4v) is 3.27. The van der Waals surface area contributed by atoms with Crippen LogP contribution >= 0.6 is 11.6 Å². The van der Waals surface area contributed by atoms with Gasteiger partial charge in [0.05, 0.1) is 22.8 Å². The highest BCUT2D eigenvalue weighted by atomic mass is 35.5. The molecule has 1 heterocycles. The van der Waals surface area contributed by atoms with E-state index < -0.39 is 17.6 Å². The Morgan fingerprint density at radius 3 is 2.60 bits per heavy atom. The largest absolute Gasteiger partial charge is 0.418 e. The van der Waals surface area contributed by atoms with Gasteiger partial charge in [-0.05, 0) is 64.0 Å². The van der Waals surface area contributed by atoms with Gasteiger partial charge < -0.3 is 10.6 Å². The summed E-state index contributed by atoms with van der Waals surface area (Å²) in [5.41, 5.74) is -1.30. The molecular weight excluding hydrogens is 355 g/mol. The van der Waals surface area contributed by atoms with Crippen LogP contribution in [0.1, 0.15) is 24.8 Å². The monoisotopic (exact) mass is 377 g/mol. The smallest absolute Gasteiger partial charge is 0.323 e. The Morgan fingerprint density at radius 1 is 1.32 bits per heavy atom. The molecule has 0 aliphatic carbocycles. The molecular formula is C17H23ClF3N3O. The van der Waals surface area contributed by atoms with Gasteiger partial charge in [0.25, 0.3) is 0 Å². The molecule has 0 radical (unpaired) electrons. The van der Waals surface area contributed by atoms with E-state index >= 15 is 0 Å².